The summed E-state index contributed by atoms with van der Waals surface area (Å²) in [5.41, 5.74) is 0.809. The molecule has 7 nitrogen and oxygen atoms in total. The van der Waals surface area contributed by atoms with Crippen LogP contribution in [-0.4, -0.2) is 28.9 Å². The Morgan fingerprint density at radius 2 is 2.00 bits per heavy atom. The number of benzene rings is 1. The molecular weight excluding hydrogens is 360 g/mol. The van der Waals surface area contributed by atoms with E-state index in [1.165, 1.54) is 23.5 Å². The first kappa shape index (κ1) is 17.1. The molecule has 0 atom stereocenters. The number of thiazole rings is 1. The van der Waals surface area contributed by atoms with Crippen LogP contribution in [0, 0.1) is 10.1 Å². The predicted octanol–water partition coefficient (Wildman–Crippen LogP) is 3.62. The minimum Gasteiger partial charge on any atom is -0.383 e. The highest BCUT2D eigenvalue weighted by Gasteiger charge is 2.11. The first-order valence-electron chi connectivity index (χ1n) is 7.40. The molecule has 1 aromatic carbocycles. The Morgan fingerprint density at radius 1 is 1.20 bits per heavy atom. The van der Waals surface area contributed by atoms with E-state index in [0.29, 0.717) is 18.0 Å². The monoisotopic (exact) mass is 374 g/mol. The van der Waals surface area contributed by atoms with Crippen molar-refractivity contribution in [1.29, 1.82) is 0 Å². The zero-order chi connectivity index (χ0) is 17.6. The molecule has 0 fully saturated rings. The molecule has 25 heavy (non-hydrogen) atoms. The molecule has 0 aliphatic carbocycles. The summed E-state index contributed by atoms with van der Waals surface area (Å²) in [6, 6.07) is 10.1. The van der Waals surface area contributed by atoms with E-state index in [1.54, 1.807) is 29.7 Å². The maximum Gasteiger partial charge on any atom is 0.269 e. The fourth-order valence-corrected chi connectivity index (χ4v) is 3.70. The van der Waals surface area contributed by atoms with Gasteiger partial charge in [-0.15, -0.1) is 22.7 Å². The Bertz CT molecular complexity index is 860. The van der Waals surface area contributed by atoms with Crippen molar-refractivity contribution in [2.24, 2.45) is 0 Å². The normalized spacial score (nSPS) is 10.4. The van der Waals surface area contributed by atoms with Gasteiger partial charge >= 0.3 is 0 Å². The van der Waals surface area contributed by atoms with E-state index in [9.17, 15) is 14.9 Å². The minimum atomic E-state index is -0.441. The number of nitrogens with zero attached hydrogens (tertiary/aromatic N) is 2. The lowest BCUT2D eigenvalue weighted by Crippen LogP contribution is -2.28. The van der Waals surface area contributed by atoms with Crippen molar-refractivity contribution in [3.05, 3.63) is 63.0 Å². The van der Waals surface area contributed by atoms with Gasteiger partial charge in [-0.2, -0.15) is 0 Å². The Morgan fingerprint density at radius 3 is 2.68 bits per heavy atom. The van der Waals surface area contributed by atoms with E-state index in [1.807, 2.05) is 17.5 Å². The zero-order valence-electron chi connectivity index (χ0n) is 13.0. The number of carbonyl (C=O) groups excluding carboxylic acids is 1. The third-order valence-electron chi connectivity index (χ3n) is 3.28. The minimum absolute atomic E-state index is 0.0468. The topological polar surface area (TPSA) is 97.2 Å². The molecule has 3 rings (SSSR count). The van der Waals surface area contributed by atoms with E-state index in [-0.39, 0.29) is 11.6 Å². The van der Waals surface area contributed by atoms with Gasteiger partial charge < -0.3 is 10.6 Å². The third-order valence-corrected chi connectivity index (χ3v) is 5.31. The van der Waals surface area contributed by atoms with E-state index in [2.05, 4.69) is 15.6 Å². The summed E-state index contributed by atoms with van der Waals surface area (Å²) in [6.07, 6.45) is 1.58. The molecule has 3 aromatic rings. The number of anilines is 1. The van der Waals surface area contributed by atoms with Crippen molar-refractivity contribution in [3.8, 4) is 9.88 Å². The number of hydrogen-bond acceptors (Lipinski definition) is 7. The number of hydrogen-bond donors (Lipinski definition) is 2. The van der Waals surface area contributed by atoms with Gasteiger partial charge in [0.2, 0.25) is 0 Å². The highest BCUT2D eigenvalue weighted by molar-refractivity contribution is 7.21. The number of nitrogens with one attached hydrogen (secondary N) is 2. The summed E-state index contributed by atoms with van der Waals surface area (Å²) in [7, 11) is 0. The van der Waals surface area contributed by atoms with Gasteiger partial charge in [0, 0.05) is 30.9 Å². The predicted molar refractivity (Wildman–Crippen MR) is 99.3 cm³/mol. The molecule has 0 bridgehead atoms. The van der Waals surface area contributed by atoms with Crippen LogP contribution in [0.15, 0.2) is 48.0 Å². The maximum atomic E-state index is 12.1. The fraction of sp³-hybridized carbons (Fsp3) is 0.125. The van der Waals surface area contributed by atoms with Crippen LogP contribution in [0.2, 0.25) is 0 Å². The smallest absolute Gasteiger partial charge is 0.269 e. The zero-order valence-corrected chi connectivity index (χ0v) is 14.6. The molecule has 2 N–H and O–H groups in total. The van der Waals surface area contributed by atoms with Crippen LogP contribution in [0.4, 0.5) is 11.4 Å². The molecular formula is C16H14N4O3S2. The van der Waals surface area contributed by atoms with Crippen LogP contribution in [0.5, 0.6) is 0 Å². The molecule has 0 spiro atoms. The molecule has 2 heterocycles. The van der Waals surface area contributed by atoms with Crippen LogP contribution >= 0.6 is 22.7 Å². The van der Waals surface area contributed by atoms with E-state index >= 15 is 0 Å². The molecule has 0 radical (unpaired) electrons. The van der Waals surface area contributed by atoms with Crippen molar-refractivity contribution in [1.82, 2.24) is 10.3 Å². The number of nitro groups is 1. The van der Waals surface area contributed by atoms with Gasteiger partial charge in [0.1, 0.15) is 9.88 Å². The van der Waals surface area contributed by atoms with Crippen molar-refractivity contribution < 1.29 is 9.72 Å². The van der Waals surface area contributed by atoms with Crippen LogP contribution in [0.1, 0.15) is 9.67 Å². The van der Waals surface area contributed by atoms with E-state index in [0.717, 1.165) is 15.6 Å². The molecule has 9 heteroatoms. The van der Waals surface area contributed by atoms with Crippen molar-refractivity contribution in [2.45, 2.75) is 0 Å². The summed E-state index contributed by atoms with van der Waals surface area (Å²) in [6.45, 7) is 0.947. The number of nitro benzene ring substituents is 1. The second kappa shape index (κ2) is 7.86. The van der Waals surface area contributed by atoms with E-state index < -0.39 is 4.92 Å². The Balaban J connectivity index is 1.46. The number of amides is 1. The lowest BCUT2D eigenvalue weighted by atomic mass is 10.3. The van der Waals surface area contributed by atoms with Crippen LogP contribution in [0.25, 0.3) is 9.88 Å². The lowest BCUT2D eigenvalue weighted by molar-refractivity contribution is -0.384. The van der Waals surface area contributed by atoms with Gasteiger partial charge in [0.05, 0.1) is 16.0 Å². The van der Waals surface area contributed by atoms with Crippen LogP contribution < -0.4 is 10.6 Å². The molecule has 0 aliphatic rings. The van der Waals surface area contributed by atoms with E-state index in [4.69, 9.17) is 0 Å². The molecule has 0 unspecified atom stereocenters. The van der Waals surface area contributed by atoms with Crippen LogP contribution in [-0.2, 0) is 0 Å². The standard InChI is InChI=1S/C16H14N4O3S2/c21-15(14-10-19-16(25-14)13-2-1-9-24-13)18-8-7-17-11-3-5-12(6-4-11)20(22)23/h1-6,9-10,17H,7-8H2,(H,18,21). The molecule has 0 saturated carbocycles. The number of non-ortho nitro benzene ring substituents is 1. The Hall–Kier alpha value is -2.78. The largest absolute Gasteiger partial charge is 0.383 e. The van der Waals surface area contributed by atoms with Gasteiger partial charge in [0.25, 0.3) is 11.6 Å². The summed E-state index contributed by atoms with van der Waals surface area (Å²) >= 11 is 2.95. The molecule has 1 amide bonds. The van der Waals surface area contributed by atoms with Gasteiger partial charge in [-0.25, -0.2) is 4.98 Å². The Labute approximate surface area is 151 Å². The van der Waals surface area contributed by atoms with Crippen molar-refractivity contribution >= 4 is 40.0 Å². The second-order valence-electron chi connectivity index (χ2n) is 4.99. The molecule has 0 saturated heterocycles. The summed E-state index contributed by atoms with van der Waals surface area (Å²) in [5.74, 6) is -0.161. The molecule has 128 valence electrons. The van der Waals surface area contributed by atoms with Gasteiger partial charge in [-0.3, -0.25) is 14.9 Å². The fourth-order valence-electron chi connectivity index (χ4n) is 2.06. The average Bonchev–Trinajstić information content (AvgIpc) is 3.29. The van der Waals surface area contributed by atoms with Crippen molar-refractivity contribution in [3.63, 3.8) is 0 Å². The van der Waals surface area contributed by atoms with Gasteiger partial charge in [-0.05, 0) is 23.6 Å². The summed E-state index contributed by atoms with van der Waals surface area (Å²) in [4.78, 5) is 28.2. The van der Waals surface area contributed by atoms with Crippen molar-refractivity contribution in [2.75, 3.05) is 18.4 Å². The Kier molecular flexibility index (Phi) is 5.36. The summed E-state index contributed by atoms with van der Waals surface area (Å²) < 4.78 is 0. The first-order valence-corrected chi connectivity index (χ1v) is 9.09. The highest BCUT2D eigenvalue weighted by Crippen LogP contribution is 2.28. The van der Waals surface area contributed by atoms with Gasteiger partial charge in [0.15, 0.2) is 0 Å². The quantitative estimate of drug-likeness (QED) is 0.374. The number of thiophene rings is 1. The number of aromatic nitrogens is 1. The maximum absolute atomic E-state index is 12.1. The SMILES string of the molecule is O=C(NCCNc1ccc([N+](=O)[O-])cc1)c1cnc(-c2cccs2)s1. The molecule has 2 aromatic heterocycles. The third kappa shape index (κ3) is 4.40. The van der Waals surface area contributed by atoms with Gasteiger partial charge in [-0.1, -0.05) is 6.07 Å². The molecule has 0 aliphatic heterocycles. The average molecular weight is 374 g/mol. The summed E-state index contributed by atoms with van der Waals surface area (Å²) in [5, 5.41) is 19.3. The number of carbonyl (C=O) groups is 1. The lowest BCUT2D eigenvalue weighted by Gasteiger charge is -2.07. The number of rotatable bonds is 7. The second-order valence-corrected chi connectivity index (χ2v) is 6.97. The van der Waals surface area contributed by atoms with Crippen LogP contribution in [0.3, 0.4) is 0 Å². The first-order chi connectivity index (χ1) is 12.1. The highest BCUT2D eigenvalue weighted by atomic mass is 32.1.